The van der Waals surface area contributed by atoms with E-state index in [-0.39, 0.29) is 11.5 Å². The van der Waals surface area contributed by atoms with Gasteiger partial charge in [0.15, 0.2) is 0 Å². The van der Waals surface area contributed by atoms with E-state index in [9.17, 15) is 9.59 Å². The Labute approximate surface area is 173 Å². The number of carbonyl (C=O) groups is 1. The molecule has 30 heavy (non-hydrogen) atoms. The van der Waals surface area contributed by atoms with Crippen LogP contribution in [-0.2, 0) is 4.79 Å². The number of aromatic nitrogens is 5. The van der Waals surface area contributed by atoms with Crippen molar-refractivity contribution in [1.29, 1.82) is 0 Å². The summed E-state index contributed by atoms with van der Waals surface area (Å²) in [6.45, 7) is 5.50. The van der Waals surface area contributed by atoms with Crippen molar-refractivity contribution in [2.45, 2.75) is 33.2 Å². The zero-order valence-electron chi connectivity index (χ0n) is 17.0. The SMILES string of the molecule is CC[C@H](C(=O)Nc1cccnc1)n1nc(C)c2nn(-c3ccccc3)c(C)c2c1=O. The number of hydrogen-bond acceptors (Lipinski definition) is 5. The third-order valence-electron chi connectivity index (χ3n) is 5.05. The number of nitrogens with one attached hydrogen (secondary N) is 1. The molecule has 0 aliphatic carbocycles. The Balaban J connectivity index is 1.81. The van der Waals surface area contributed by atoms with Crippen molar-refractivity contribution in [3.05, 3.63) is 76.6 Å². The molecular weight excluding hydrogens is 380 g/mol. The van der Waals surface area contributed by atoms with Crippen molar-refractivity contribution < 1.29 is 4.79 Å². The summed E-state index contributed by atoms with van der Waals surface area (Å²) >= 11 is 0. The van der Waals surface area contributed by atoms with Gasteiger partial charge >= 0.3 is 0 Å². The van der Waals surface area contributed by atoms with Gasteiger partial charge in [-0.1, -0.05) is 25.1 Å². The number of amides is 1. The molecule has 4 aromatic rings. The average molecular weight is 402 g/mol. The van der Waals surface area contributed by atoms with Gasteiger partial charge in [-0.3, -0.25) is 14.6 Å². The molecule has 0 bridgehead atoms. The highest BCUT2D eigenvalue weighted by atomic mass is 16.2. The van der Waals surface area contributed by atoms with Crippen LogP contribution in [0.25, 0.3) is 16.6 Å². The fourth-order valence-corrected chi connectivity index (χ4v) is 3.54. The Bertz CT molecular complexity index is 1260. The Hall–Kier alpha value is -3.81. The second kappa shape index (κ2) is 7.90. The Morgan fingerprint density at radius 1 is 1.10 bits per heavy atom. The largest absolute Gasteiger partial charge is 0.323 e. The molecule has 1 atom stereocenters. The molecule has 0 fully saturated rings. The van der Waals surface area contributed by atoms with Crippen molar-refractivity contribution in [1.82, 2.24) is 24.5 Å². The summed E-state index contributed by atoms with van der Waals surface area (Å²) in [5, 5.41) is 12.3. The van der Waals surface area contributed by atoms with Gasteiger partial charge in [-0.25, -0.2) is 9.36 Å². The van der Waals surface area contributed by atoms with Crippen LogP contribution < -0.4 is 10.9 Å². The highest BCUT2D eigenvalue weighted by Gasteiger charge is 2.25. The molecule has 8 nitrogen and oxygen atoms in total. The fraction of sp³-hybridized carbons (Fsp3) is 0.227. The number of aryl methyl sites for hydroxylation is 2. The summed E-state index contributed by atoms with van der Waals surface area (Å²) in [6.07, 6.45) is 3.60. The predicted molar refractivity (Wildman–Crippen MR) is 115 cm³/mol. The van der Waals surface area contributed by atoms with E-state index in [1.807, 2.05) is 44.2 Å². The number of fused-ring (bicyclic) bond motifs is 1. The quantitative estimate of drug-likeness (QED) is 0.553. The van der Waals surface area contributed by atoms with E-state index in [4.69, 9.17) is 0 Å². The molecule has 1 aromatic carbocycles. The van der Waals surface area contributed by atoms with Gasteiger partial charge in [0.2, 0.25) is 5.91 Å². The first-order valence-corrected chi connectivity index (χ1v) is 9.76. The minimum Gasteiger partial charge on any atom is -0.323 e. The van der Waals surface area contributed by atoms with Crippen molar-refractivity contribution in [3.8, 4) is 5.69 Å². The number of rotatable bonds is 5. The van der Waals surface area contributed by atoms with E-state index in [1.165, 1.54) is 4.68 Å². The molecular formula is C22H22N6O2. The standard InChI is InChI=1S/C22H22N6O2/c1-4-18(21(29)24-16-9-8-12-23-13-16)28-22(30)19-15(3)27(17-10-6-5-7-11-17)26-20(19)14(2)25-28/h5-13,18H,4H2,1-3H3,(H,24,29)/t18-/m1/s1. The molecule has 0 unspecified atom stereocenters. The lowest BCUT2D eigenvalue weighted by molar-refractivity contribution is -0.119. The third-order valence-corrected chi connectivity index (χ3v) is 5.05. The lowest BCUT2D eigenvalue weighted by atomic mass is 10.2. The number of benzene rings is 1. The van der Waals surface area contributed by atoms with E-state index >= 15 is 0 Å². The summed E-state index contributed by atoms with van der Waals surface area (Å²) in [5.74, 6) is -0.313. The number of hydrogen-bond donors (Lipinski definition) is 1. The minimum atomic E-state index is -0.750. The maximum absolute atomic E-state index is 13.4. The van der Waals surface area contributed by atoms with Crippen LogP contribution in [0.2, 0.25) is 0 Å². The molecule has 0 saturated heterocycles. The van der Waals surface area contributed by atoms with Gasteiger partial charge in [-0.05, 0) is 44.5 Å². The van der Waals surface area contributed by atoms with Crippen LogP contribution in [-0.4, -0.2) is 30.5 Å². The molecule has 4 rings (SSSR count). The molecule has 152 valence electrons. The number of anilines is 1. The Kier molecular flexibility index (Phi) is 5.14. The highest BCUT2D eigenvalue weighted by Crippen LogP contribution is 2.21. The van der Waals surface area contributed by atoms with Crippen molar-refractivity contribution in [2.75, 3.05) is 5.32 Å². The molecule has 0 saturated carbocycles. The van der Waals surface area contributed by atoms with Crippen LogP contribution in [0.5, 0.6) is 0 Å². The normalized spacial score (nSPS) is 12.1. The summed E-state index contributed by atoms with van der Waals surface area (Å²) in [5.41, 5.74) is 2.94. The van der Waals surface area contributed by atoms with Crippen molar-refractivity contribution >= 4 is 22.5 Å². The first kappa shape index (κ1) is 19.5. The van der Waals surface area contributed by atoms with Gasteiger partial charge in [-0.15, -0.1) is 0 Å². The number of nitrogens with zero attached hydrogens (tertiary/aromatic N) is 5. The summed E-state index contributed by atoms with van der Waals surface area (Å²) in [6, 6.07) is 12.3. The molecule has 0 radical (unpaired) electrons. The predicted octanol–water partition coefficient (Wildman–Crippen LogP) is 3.18. The van der Waals surface area contributed by atoms with Crippen LogP contribution in [0.4, 0.5) is 5.69 Å². The maximum Gasteiger partial charge on any atom is 0.278 e. The molecule has 0 aliphatic heterocycles. The number of carbonyl (C=O) groups excluding carboxylic acids is 1. The average Bonchev–Trinajstić information content (AvgIpc) is 3.11. The third kappa shape index (κ3) is 3.36. The van der Waals surface area contributed by atoms with Gasteiger partial charge in [0.1, 0.15) is 11.6 Å². The van der Waals surface area contributed by atoms with Gasteiger partial charge in [0.25, 0.3) is 5.56 Å². The number of para-hydroxylation sites is 1. The van der Waals surface area contributed by atoms with Gasteiger partial charge in [0.05, 0.1) is 34.3 Å². The maximum atomic E-state index is 13.4. The molecule has 1 N–H and O–H groups in total. The molecule has 3 aromatic heterocycles. The van der Waals surface area contributed by atoms with Crippen LogP contribution >= 0.6 is 0 Å². The van der Waals surface area contributed by atoms with Crippen LogP contribution in [0.3, 0.4) is 0 Å². The van der Waals surface area contributed by atoms with E-state index in [0.717, 1.165) is 5.69 Å². The molecule has 0 spiro atoms. The molecule has 1 amide bonds. The van der Waals surface area contributed by atoms with Crippen molar-refractivity contribution in [3.63, 3.8) is 0 Å². The summed E-state index contributed by atoms with van der Waals surface area (Å²) < 4.78 is 3.01. The topological polar surface area (TPSA) is 94.7 Å². The zero-order chi connectivity index (χ0) is 21.3. The van der Waals surface area contributed by atoms with Crippen LogP contribution in [0, 0.1) is 13.8 Å². The summed E-state index contributed by atoms with van der Waals surface area (Å²) in [7, 11) is 0. The first-order valence-electron chi connectivity index (χ1n) is 9.76. The fourth-order valence-electron chi connectivity index (χ4n) is 3.54. The number of pyridine rings is 1. The van der Waals surface area contributed by atoms with Gasteiger partial charge < -0.3 is 5.32 Å². The minimum absolute atomic E-state index is 0.313. The first-order chi connectivity index (χ1) is 14.5. The molecule has 3 heterocycles. The smallest absolute Gasteiger partial charge is 0.278 e. The highest BCUT2D eigenvalue weighted by molar-refractivity contribution is 5.93. The van der Waals surface area contributed by atoms with E-state index in [1.54, 1.807) is 36.1 Å². The molecule has 0 aliphatic rings. The van der Waals surface area contributed by atoms with Gasteiger partial charge in [0, 0.05) is 6.20 Å². The van der Waals surface area contributed by atoms with Crippen molar-refractivity contribution in [2.24, 2.45) is 0 Å². The van der Waals surface area contributed by atoms with E-state index < -0.39 is 6.04 Å². The second-order valence-corrected chi connectivity index (χ2v) is 7.05. The lowest BCUT2D eigenvalue weighted by Gasteiger charge is -2.17. The zero-order valence-corrected chi connectivity index (χ0v) is 17.0. The molecule has 8 heteroatoms. The van der Waals surface area contributed by atoms with Crippen LogP contribution in [0.1, 0.15) is 30.8 Å². The monoisotopic (exact) mass is 402 g/mol. The Morgan fingerprint density at radius 2 is 1.87 bits per heavy atom. The lowest BCUT2D eigenvalue weighted by Crippen LogP contribution is -2.35. The Morgan fingerprint density at radius 3 is 2.53 bits per heavy atom. The van der Waals surface area contributed by atoms with Crippen LogP contribution in [0.15, 0.2) is 59.7 Å². The van der Waals surface area contributed by atoms with Gasteiger partial charge in [-0.2, -0.15) is 10.2 Å². The summed E-state index contributed by atoms with van der Waals surface area (Å²) in [4.78, 5) is 30.3. The second-order valence-electron chi connectivity index (χ2n) is 7.05. The van der Waals surface area contributed by atoms with E-state index in [0.29, 0.717) is 34.4 Å². The van der Waals surface area contributed by atoms with E-state index in [2.05, 4.69) is 20.5 Å².